The number of aliphatic imine (C=N–C) groups is 1. The highest BCUT2D eigenvalue weighted by molar-refractivity contribution is 5.95. The number of aromatic nitrogens is 6. The molecule has 0 N–H and O–H groups in total. The van der Waals surface area contributed by atoms with Crippen LogP contribution in [0.25, 0.3) is 39.2 Å². The molecule has 1 aromatic carbocycles. The molecule has 0 saturated heterocycles. The quantitative estimate of drug-likeness (QED) is 0.273. The van der Waals surface area contributed by atoms with E-state index in [0.717, 1.165) is 52.7 Å². The van der Waals surface area contributed by atoms with Gasteiger partial charge in [-0.1, -0.05) is 30.4 Å². The Morgan fingerprint density at radius 3 is 2.63 bits per heavy atom. The SMILES string of the molecule is C=NC1(C2=CCC(c3nc4ccn5c(-c6cn(C)cn6)nnc5c4cc3-c3ccc(F)cc3)C=C2)CCC1. The van der Waals surface area contributed by atoms with E-state index in [4.69, 9.17) is 4.98 Å². The first kappa shape index (κ1) is 22.7. The number of rotatable bonds is 5. The summed E-state index contributed by atoms with van der Waals surface area (Å²) in [6.45, 7) is 3.86. The van der Waals surface area contributed by atoms with Gasteiger partial charge in [0.2, 0.25) is 0 Å². The third kappa shape index (κ3) is 3.51. The van der Waals surface area contributed by atoms with E-state index >= 15 is 0 Å². The van der Waals surface area contributed by atoms with Crippen LogP contribution < -0.4 is 0 Å². The van der Waals surface area contributed by atoms with Crippen LogP contribution >= 0.6 is 0 Å². The van der Waals surface area contributed by atoms with E-state index in [1.54, 1.807) is 6.33 Å². The van der Waals surface area contributed by atoms with E-state index in [9.17, 15) is 4.39 Å². The summed E-state index contributed by atoms with van der Waals surface area (Å²) in [5.74, 6) is 0.489. The van der Waals surface area contributed by atoms with Crippen LogP contribution in [0.15, 0.2) is 83.9 Å². The van der Waals surface area contributed by atoms with Gasteiger partial charge in [-0.2, -0.15) is 0 Å². The molecule has 2 aliphatic rings. The number of allylic oxidation sites excluding steroid dienone is 2. The molecule has 5 aromatic rings. The summed E-state index contributed by atoms with van der Waals surface area (Å²) in [4.78, 5) is 14.1. The lowest BCUT2D eigenvalue weighted by Crippen LogP contribution is -2.36. The normalized spacial score (nSPS) is 18.5. The Balaban J connectivity index is 1.37. The van der Waals surface area contributed by atoms with E-state index in [-0.39, 0.29) is 17.3 Å². The minimum atomic E-state index is -0.267. The van der Waals surface area contributed by atoms with Crippen molar-refractivity contribution in [2.24, 2.45) is 12.0 Å². The summed E-state index contributed by atoms with van der Waals surface area (Å²) in [6.07, 6.45) is 16.5. The lowest BCUT2D eigenvalue weighted by molar-refractivity contribution is 0.307. The second kappa shape index (κ2) is 8.55. The molecule has 0 radical (unpaired) electrons. The Hall–Kier alpha value is -4.46. The number of halogens is 1. The van der Waals surface area contributed by atoms with Crippen LogP contribution in [0.4, 0.5) is 4.39 Å². The molecule has 2 aliphatic carbocycles. The van der Waals surface area contributed by atoms with Crippen LogP contribution in [-0.4, -0.2) is 41.4 Å². The first-order valence-electron chi connectivity index (χ1n) is 12.8. The minimum absolute atomic E-state index is 0.0864. The maximum absolute atomic E-state index is 13.8. The summed E-state index contributed by atoms with van der Waals surface area (Å²) in [7, 11) is 1.92. The van der Waals surface area contributed by atoms with Gasteiger partial charge in [-0.05, 0) is 67.8 Å². The van der Waals surface area contributed by atoms with Crippen LogP contribution in [0.3, 0.4) is 0 Å². The number of benzene rings is 1. The van der Waals surface area contributed by atoms with E-state index in [1.807, 2.05) is 46.6 Å². The molecular formula is C30H26FN7. The van der Waals surface area contributed by atoms with Crippen molar-refractivity contribution in [1.29, 1.82) is 0 Å². The summed E-state index contributed by atoms with van der Waals surface area (Å²) < 4.78 is 17.7. The van der Waals surface area contributed by atoms with Crippen LogP contribution in [0.5, 0.6) is 0 Å². The average Bonchev–Trinajstić information content (AvgIpc) is 3.55. The molecule has 1 unspecified atom stereocenters. The fraction of sp³-hybridized carbons (Fsp3) is 0.233. The topological polar surface area (TPSA) is 73.3 Å². The Morgan fingerprint density at radius 1 is 1.13 bits per heavy atom. The van der Waals surface area contributed by atoms with Crippen LogP contribution in [0.2, 0.25) is 0 Å². The van der Waals surface area contributed by atoms with Crippen molar-refractivity contribution in [2.45, 2.75) is 37.1 Å². The van der Waals surface area contributed by atoms with Gasteiger partial charge in [0.15, 0.2) is 11.5 Å². The molecule has 1 fully saturated rings. The lowest BCUT2D eigenvalue weighted by atomic mass is 9.70. The van der Waals surface area contributed by atoms with Gasteiger partial charge in [0, 0.05) is 36.3 Å². The molecule has 0 bridgehead atoms. The molecule has 4 heterocycles. The fourth-order valence-corrected chi connectivity index (χ4v) is 5.67. The molecule has 1 atom stereocenters. The molecular weight excluding hydrogens is 477 g/mol. The van der Waals surface area contributed by atoms with Gasteiger partial charge >= 0.3 is 0 Å². The fourth-order valence-electron chi connectivity index (χ4n) is 5.67. The van der Waals surface area contributed by atoms with Crippen molar-refractivity contribution in [3.63, 3.8) is 0 Å². The Kier molecular flexibility index (Phi) is 5.11. The van der Waals surface area contributed by atoms with Crippen molar-refractivity contribution >= 4 is 23.3 Å². The second-order valence-corrected chi connectivity index (χ2v) is 10.2. The Morgan fingerprint density at radius 2 is 1.97 bits per heavy atom. The summed E-state index contributed by atoms with van der Waals surface area (Å²) in [5, 5.41) is 9.82. The predicted octanol–water partition coefficient (Wildman–Crippen LogP) is 6.08. The minimum Gasteiger partial charge on any atom is -0.340 e. The van der Waals surface area contributed by atoms with E-state index in [2.05, 4.69) is 51.2 Å². The first-order valence-corrected chi connectivity index (χ1v) is 12.8. The van der Waals surface area contributed by atoms with Gasteiger partial charge in [0.25, 0.3) is 0 Å². The van der Waals surface area contributed by atoms with Gasteiger partial charge in [0.05, 0.1) is 23.1 Å². The van der Waals surface area contributed by atoms with Gasteiger partial charge in [-0.3, -0.25) is 14.4 Å². The molecule has 4 aromatic heterocycles. The molecule has 7 nitrogen and oxygen atoms in total. The standard InChI is InChI=1S/C30H26FN7/c1-32-30(13-3-14-30)21-8-4-20(5-9-21)27-23(19-6-10-22(31)11-7-19)16-24-25(34-27)12-15-38-28(24)35-36-29(38)26-17-37(2)18-33-26/h4,6-12,15-18,20H,1,3,5,13-14H2,2H3. The van der Waals surface area contributed by atoms with Crippen molar-refractivity contribution in [3.8, 4) is 22.6 Å². The van der Waals surface area contributed by atoms with Crippen molar-refractivity contribution in [2.75, 3.05) is 0 Å². The third-order valence-electron chi connectivity index (χ3n) is 7.96. The Bertz CT molecular complexity index is 1770. The highest BCUT2D eigenvalue weighted by Crippen LogP contribution is 2.45. The zero-order valence-corrected chi connectivity index (χ0v) is 21.0. The highest BCUT2D eigenvalue weighted by atomic mass is 19.1. The van der Waals surface area contributed by atoms with Crippen LogP contribution in [0, 0.1) is 5.82 Å². The van der Waals surface area contributed by atoms with Gasteiger partial charge in [-0.25, -0.2) is 9.37 Å². The molecule has 188 valence electrons. The molecule has 0 aliphatic heterocycles. The Labute approximate surface area is 219 Å². The highest BCUT2D eigenvalue weighted by Gasteiger charge is 2.39. The number of imidazole rings is 1. The van der Waals surface area contributed by atoms with Crippen LogP contribution in [0.1, 0.15) is 37.3 Å². The number of pyridine rings is 2. The number of hydrogen-bond donors (Lipinski definition) is 0. The number of nitrogens with zero attached hydrogens (tertiary/aromatic N) is 7. The van der Waals surface area contributed by atoms with E-state index < -0.39 is 0 Å². The van der Waals surface area contributed by atoms with Gasteiger partial charge in [0.1, 0.15) is 11.5 Å². The number of fused-ring (bicyclic) bond motifs is 3. The summed E-state index contributed by atoms with van der Waals surface area (Å²) >= 11 is 0. The smallest absolute Gasteiger partial charge is 0.188 e. The second-order valence-electron chi connectivity index (χ2n) is 10.2. The van der Waals surface area contributed by atoms with Crippen molar-refractivity contribution in [3.05, 3.63) is 90.4 Å². The van der Waals surface area contributed by atoms with Crippen molar-refractivity contribution in [1.82, 2.24) is 29.1 Å². The maximum atomic E-state index is 13.8. The lowest BCUT2D eigenvalue weighted by Gasteiger charge is -2.40. The predicted molar refractivity (Wildman–Crippen MR) is 147 cm³/mol. The van der Waals surface area contributed by atoms with Gasteiger partial charge < -0.3 is 4.57 Å². The summed E-state index contributed by atoms with van der Waals surface area (Å²) in [5.41, 5.74) is 6.25. The van der Waals surface area contributed by atoms with E-state index in [0.29, 0.717) is 11.5 Å². The van der Waals surface area contributed by atoms with Gasteiger partial charge in [-0.15, -0.1) is 10.2 Å². The zero-order valence-electron chi connectivity index (χ0n) is 21.0. The summed E-state index contributed by atoms with van der Waals surface area (Å²) in [6, 6.07) is 10.7. The number of aryl methyl sites for hydroxylation is 1. The largest absolute Gasteiger partial charge is 0.340 e. The van der Waals surface area contributed by atoms with E-state index in [1.165, 1.54) is 24.1 Å². The average molecular weight is 504 g/mol. The zero-order chi connectivity index (χ0) is 25.9. The molecule has 7 rings (SSSR count). The van der Waals surface area contributed by atoms with Crippen molar-refractivity contribution < 1.29 is 4.39 Å². The third-order valence-corrected chi connectivity index (χ3v) is 7.96. The molecule has 0 spiro atoms. The molecule has 38 heavy (non-hydrogen) atoms. The maximum Gasteiger partial charge on any atom is 0.188 e. The molecule has 1 saturated carbocycles. The molecule has 8 heteroatoms. The van der Waals surface area contributed by atoms with Crippen LogP contribution in [-0.2, 0) is 7.05 Å². The molecule has 0 amide bonds. The number of hydrogen-bond acceptors (Lipinski definition) is 5. The first-order chi connectivity index (χ1) is 18.5. The monoisotopic (exact) mass is 503 g/mol.